The number of para-hydroxylation sites is 1. The Labute approximate surface area is 131 Å². The van der Waals surface area contributed by atoms with Gasteiger partial charge in [0.1, 0.15) is 0 Å². The van der Waals surface area contributed by atoms with Gasteiger partial charge in [0.25, 0.3) is 0 Å². The zero-order chi connectivity index (χ0) is 14.0. The maximum atomic E-state index is 3.49. The SMILES string of the molecule is BrCCCCCCCCCCn1ccc2ccccc21. The second-order valence-corrected chi connectivity index (χ2v) is 6.38. The molecular weight excluding hydrogens is 310 g/mol. The number of hydrogen-bond donors (Lipinski definition) is 0. The van der Waals surface area contributed by atoms with Gasteiger partial charge in [-0.25, -0.2) is 0 Å². The van der Waals surface area contributed by atoms with Crippen LogP contribution in [0.5, 0.6) is 0 Å². The summed E-state index contributed by atoms with van der Waals surface area (Å²) in [7, 11) is 0. The van der Waals surface area contributed by atoms with Gasteiger partial charge < -0.3 is 4.57 Å². The molecule has 0 aliphatic heterocycles. The summed E-state index contributed by atoms with van der Waals surface area (Å²) in [5, 5.41) is 2.52. The van der Waals surface area contributed by atoms with Crippen LogP contribution in [0.15, 0.2) is 36.5 Å². The van der Waals surface area contributed by atoms with Gasteiger partial charge in [0, 0.05) is 23.6 Å². The number of benzene rings is 1. The standard InChI is InChI=1S/C18H26BrN/c19-14-9-5-3-1-2-4-6-10-15-20-16-13-17-11-7-8-12-18(17)20/h7-8,11-13,16H,1-6,9-10,14-15H2. The van der Waals surface area contributed by atoms with Gasteiger partial charge in [-0.1, -0.05) is 72.7 Å². The zero-order valence-corrected chi connectivity index (χ0v) is 13.9. The second-order valence-electron chi connectivity index (χ2n) is 5.59. The van der Waals surface area contributed by atoms with Crippen LogP contribution in [-0.2, 0) is 6.54 Å². The van der Waals surface area contributed by atoms with Gasteiger partial charge >= 0.3 is 0 Å². The van der Waals surface area contributed by atoms with Crippen molar-refractivity contribution in [1.29, 1.82) is 0 Å². The van der Waals surface area contributed by atoms with Crippen molar-refractivity contribution in [3.05, 3.63) is 36.5 Å². The smallest absolute Gasteiger partial charge is 0.0480 e. The first-order chi connectivity index (χ1) is 9.92. The Morgan fingerprint density at radius 2 is 1.40 bits per heavy atom. The molecule has 2 rings (SSSR count). The molecule has 0 aliphatic carbocycles. The van der Waals surface area contributed by atoms with Crippen LogP contribution < -0.4 is 0 Å². The lowest BCUT2D eigenvalue weighted by atomic mass is 10.1. The van der Waals surface area contributed by atoms with Crippen LogP contribution in [0.3, 0.4) is 0 Å². The lowest BCUT2D eigenvalue weighted by molar-refractivity contribution is 0.550. The van der Waals surface area contributed by atoms with Crippen LogP contribution in [0, 0.1) is 0 Å². The highest BCUT2D eigenvalue weighted by molar-refractivity contribution is 9.09. The molecule has 0 saturated carbocycles. The molecule has 1 aromatic carbocycles. The van der Waals surface area contributed by atoms with Crippen molar-refractivity contribution in [2.45, 2.75) is 57.9 Å². The third-order valence-electron chi connectivity index (χ3n) is 3.96. The van der Waals surface area contributed by atoms with Crippen LogP contribution >= 0.6 is 15.9 Å². The van der Waals surface area contributed by atoms with Crippen LogP contribution in [-0.4, -0.2) is 9.90 Å². The van der Waals surface area contributed by atoms with E-state index in [9.17, 15) is 0 Å². The Hall–Kier alpha value is -0.760. The molecule has 0 N–H and O–H groups in total. The highest BCUT2D eigenvalue weighted by Gasteiger charge is 1.99. The maximum absolute atomic E-state index is 3.49. The summed E-state index contributed by atoms with van der Waals surface area (Å²) in [4.78, 5) is 0. The Kier molecular flexibility index (Phi) is 7.21. The van der Waals surface area contributed by atoms with E-state index in [4.69, 9.17) is 0 Å². The van der Waals surface area contributed by atoms with Gasteiger partial charge in [-0.05, 0) is 30.4 Å². The molecular formula is C18H26BrN. The lowest BCUT2D eigenvalue weighted by Gasteiger charge is -2.05. The molecule has 1 nitrogen and oxygen atoms in total. The van der Waals surface area contributed by atoms with E-state index in [1.54, 1.807) is 0 Å². The molecule has 0 radical (unpaired) electrons. The molecule has 0 atom stereocenters. The van der Waals surface area contributed by atoms with E-state index in [2.05, 4.69) is 57.0 Å². The average Bonchev–Trinajstić information content (AvgIpc) is 2.89. The normalized spacial score (nSPS) is 11.2. The van der Waals surface area contributed by atoms with Crippen molar-refractivity contribution in [3.8, 4) is 0 Å². The summed E-state index contributed by atoms with van der Waals surface area (Å²) in [5.41, 5.74) is 1.38. The van der Waals surface area contributed by atoms with Gasteiger partial charge in [0.05, 0.1) is 0 Å². The molecule has 2 aromatic rings. The minimum Gasteiger partial charge on any atom is -0.347 e. The van der Waals surface area contributed by atoms with Gasteiger partial charge in [0.2, 0.25) is 0 Å². The summed E-state index contributed by atoms with van der Waals surface area (Å²) in [5.74, 6) is 0. The van der Waals surface area contributed by atoms with Crippen LogP contribution in [0.4, 0.5) is 0 Å². The monoisotopic (exact) mass is 335 g/mol. The lowest BCUT2D eigenvalue weighted by Crippen LogP contribution is -1.95. The third kappa shape index (κ3) is 4.97. The number of rotatable bonds is 10. The number of halogens is 1. The zero-order valence-electron chi connectivity index (χ0n) is 12.4. The van der Waals surface area contributed by atoms with Crippen LogP contribution in [0.2, 0.25) is 0 Å². The molecule has 0 fully saturated rings. The van der Waals surface area contributed by atoms with Gasteiger partial charge in [-0.15, -0.1) is 0 Å². The highest BCUT2D eigenvalue weighted by atomic mass is 79.9. The predicted octanol–water partition coefficient (Wildman–Crippen LogP) is 6.16. The summed E-state index contributed by atoms with van der Waals surface area (Å²) in [6, 6.07) is 10.9. The second kappa shape index (κ2) is 9.23. The number of nitrogens with zero attached hydrogens (tertiary/aromatic N) is 1. The highest BCUT2D eigenvalue weighted by Crippen LogP contribution is 2.16. The van der Waals surface area contributed by atoms with E-state index in [1.807, 2.05) is 0 Å². The third-order valence-corrected chi connectivity index (χ3v) is 4.52. The van der Waals surface area contributed by atoms with E-state index >= 15 is 0 Å². The fourth-order valence-corrected chi connectivity index (χ4v) is 3.17. The summed E-state index contributed by atoms with van der Waals surface area (Å²) in [6.07, 6.45) is 13.3. The molecule has 0 spiro atoms. The van der Waals surface area contributed by atoms with Crippen molar-refractivity contribution in [1.82, 2.24) is 4.57 Å². The number of aromatic nitrogens is 1. The van der Waals surface area contributed by atoms with Gasteiger partial charge in [-0.2, -0.15) is 0 Å². The molecule has 20 heavy (non-hydrogen) atoms. The molecule has 0 unspecified atom stereocenters. The minimum atomic E-state index is 1.16. The largest absolute Gasteiger partial charge is 0.347 e. The molecule has 1 heterocycles. The molecule has 110 valence electrons. The fourth-order valence-electron chi connectivity index (χ4n) is 2.77. The number of unbranched alkanes of at least 4 members (excludes halogenated alkanes) is 7. The van der Waals surface area contributed by atoms with E-state index in [0.29, 0.717) is 0 Å². The number of aryl methyl sites for hydroxylation is 1. The Morgan fingerprint density at radius 3 is 2.15 bits per heavy atom. The fraction of sp³-hybridized carbons (Fsp3) is 0.556. The van der Waals surface area contributed by atoms with Crippen molar-refractivity contribution >= 4 is 26.8 Å². The number of alkyl halides is 1. The molecule has 2 heteroatoms. The van der Waals surface area contributed by atoms with Gasteiger partial charge in [0.15, 0.2) is 0 Å². The van der Waals surface area contributed by atoms with Crippen molar-refractivity contribution in [3.63, 3.8) is 0 Å². The van der Waals surface area contributed by atoms with Gasteiger partial charge in [-0.3, -0.25) is 0 Å². The predicted molar refractivity (Wildman–Crippen MR) is 92.7 cm³/mol. The topological polar surface area (TPSA) is 4.93 Å². The first-order valence-electron chi connectivity index (χ1n) is 8.01. The average molecular weight is 336 g/mol. The van der Waals surface area contributed by atoms with Crippen LogP contribution in [0.1, 0.15) is 51.4 Å². The minimum absolute atomic E-state index is 1.16. The quantitative estimate of drug-likeness (QED) is 0.362. The van der Waals surface area contributed by atoms with Crippen molar-refractivity contribution in [2.24, 2.45) is 0 Å². The Morgan fingerprint density at radius 1 is 0.750 bits per heavy atom. The summed E-state index contributed by atoms with van der Waals surface area (Å²) in [6.45, 7) is 1.16. The van der Waals surface area contributed by atoms with E-state index in [0.717, 1.165) is 11.9 Å². The number of hydrogen-bond acceptors (Lipinski definition) is 0. The summed E-state index contributed by atoms with van der Waals surface area (Å²) >= 11 is 3.49. The van der Waals surface area contributed by atoms with Crippen molar-refractivity contribution < 1.29 is 0 Å². The Bertz CT molecular complexity index is 489. The van der Waals surface area contributed by atoms with E-state index in [1.165, 1.54) is 62.3 Å². The molecule has 0 saturated heterocycles. The first kappa shape index (κ1) is 15.6. The van der Waals surface area contributed by atoms with Crippen molar-refractivity contribution in [2.75, 3.05) is 5.33 Å². The number of fused-ring (bicyclic) bond motifs is 1. The molecule has 0 bridgehead atoms. The molecule has 0 amide bonds. The molecule has 0 aliphatic rings. The van der Waals surface area contributed by atoms with Crippen LogP contribution in [0.25, 0.3) is 10.9 Å². The van der Waals surface area contributed by atoms with E-state index < -0.39 is 0 Å². The maximum Gasteiger partial charge on any atom is 0.0480 e. The van der Waals surface area contributed by atoms with E-state index in [-0.39, 0.29) is 0 Å². The first-order valence-corrected chi connectivity index (χ1v) is 9.14. The summed E-state index contributed by atoms with van der Waals surface area (Å²) < 4.78 is 2.39. The Balaban J connectivity index is 1.57. The molecule has 1 aromatic heterocycles.